The van der Waals surface area contributed by atoms with Crippen LogP contribution in [0.1, 0.15) is 47.7 Å². The van der Waals surface area contributed by atoms with Gasteiger partial charge in [-0.25, -0.2) is 0 Å². The number of carbonyl (C=O) groups is 1. The molecule has 0 bridgehead atoms. The number of rotatable bonds is 2. The van der Waals surface area contributed by atoms with Crippen molar-refractivity contribution in [3.05, 3.63) is 34.9 Å². The van der Waals surface area contributed by atoms with Gasteiger partial charge in [0.2, 0.25) is 0 Å². The number of nitrogens with zero attached hydrogens (tertiary/aromatic N) is 1. The molecule has 1 N–H and O–H groups in total. The summed E-state index contributed by atoms with van der Waals surface area (Å²) < 4.78 is 0. The van der Waals surface area contributed by atoms with Crippen molar-refractivity contribution in [2.24, 2.45) is 5.92 Å². The molecule has 1 fully saturated rings. The Hall–Kier alpha value is -1.79. The number of benzene rings is 1. The normalized spacial score (nSPS) is 15.5. The number of aliphatic hydroxyl groups is 1. The smallest absolute Gasteiger partial charge is 0.254 e. The lowest BCUT2D eigenvalue weighted by molar-refractivity contribution is 0.0688. The quantitative estimate of drug-likeness (QED) is 0.849. The molecule has 0 spiro atoms. The minimum absolute atomic E-state index is 0.106. The molecular formula is C18H23NO2. The Bertz CT molecular complexity index is 560. The Morgan fingerprint density at radius 2 is 2.10 bits per heavy atom. The van der Waals surface area contributed by atoms with Crippen molar-refractivity contribution >= 4 is 5.91 Å². The number of hydrogen-bond donors (Lipinski definition) is 1. The molecule has 0 aromatic heterocycles. The van der Waals surface area contributed by atoms with Gasteiger partial charge in [0.1, 0.15) is 6.61 Å². The molecule has 0 saturated carbocycles. The summed E-state index contributed by atoms with van der Waals surface area (Å²) in [5.41, 5.74) is 2.45. The Morgan fingerprint density at radius 3 is 2.71 bits per heavy atom. The standard InChI is InChI=1S/C18H23NO2/c1-3-15-9-11-19(12-10-15)18(21)17-8-4-6-16(14(17)2)7-5-13-20/h4,6,8,15,20H,3,9-13H2,1-2H3. The molecule has 0 unspecified atom stereocenters. The van der Waals surface area contributed by atoms with Gasteiger partial charge >= 0.3 is 0 Å². The van der Waals surface area contributed by atoms with E-state index in [4.69, 9.17) is 5.11 Å². The Labute approximate surface area is 127 Å². The molecule has 1 amide bonds. The van der Waals surface area contributed by atoms with Crippen LogP contribution in [0.15, 0.2) is 18.2 Å². The fourth-order valence-corrected chi connectivity index (χ4v) is 2.85. The van der Waals surface area contributed by atoms with Crippen LogP contribution in [0.2, 0.25) is 0 Å². The number of piperidine rings is 1. The van der Waals surface area contributed by atoms with Crippen molar-refractivity contribution in [1.82, 2.24) is 4.90 Å². The van der Waals surface area contributed by atoms with E-state index >= 15 is 0 Å². The molecule has 1 aliphatic heterocycles. The SMILES string of the molecule is CCC1CCN(C(=O)c2cccc(C#CCO)c2C)CC1. The van der Waals surface area contributed by atoms with Gasteiger partial charge < -0.3 is 10.0 Å². The van der Waals surface area contributed by atoms with E-state index in [1.54, 1.807) is 0 Å². The highest BCUT2D eigenvalue weighted by molar-refractivity contribution is 5.96. The van der Waals surface area contributed by atoms with Crippen molar-refractivity contribution in [2.75, 3.05) is 19.7 Å². The van der Waals surface area contributed by atoms with Crippen LogP contribution in [0.4, 0.5) is 0 Å². The van der Waals surface area contributed by atoms with E-state index in [1.165, 1.54) is 6.42 Å². The molecule has 2 rings (SSSR count). The summed E-state index contributed by atoms with van der Waals surface area (Å²) in [6, 6.07) is 5.62. The predicted octanol–water partition coefficient (Wildman–Crippen LogP) is 2.60. The summed E-state index contributed by atoms with van der Waals surface area (Å²) in [5.74, 6) is 6.42. The highest BCUT2D eigenvalue weighted by Crippen LogP contribution is 2.23. The van der Waals surface area contributed by atoms with Crippen molar-refractivity contribution < 1.29 is 9.90 Å². The molecular weight excluding hydrogens is 262 g/mol. The molecule has 1 heterocycles. The van der Waals surface area contributed by atoms with Crippen molar-refractivity contribution in [3.63, 3.8) is 0 Å². The van der Waals surface area contributed by atoms with E-state index in [9.17, 15) is 4.79 Å². The van der Waals surface area contributed by atoms with Crippen molar-refractivity contribution in [3.8, 4) is 11.8 Å². The van der Waals surface area contributed by atoms with E-state index < -0.39 is 0 Å². The molecule has 1 aliphatic rings. The molecule has 3 nitrogen and oxygen atoms in total. The fraction of sp³-hybridized carbons (Fsp3) is 0.500. The average Bonchev–Trinajstić information content (AvgIpc) is 2.53. The summed E-state index contributed by atoms with van der Waals surface area (Å²) in [4.78, 5) is 14.6. The second kappa shape index (κ2) is 7.28. The number of aliphatic hydroxyl groups excluding tert-OH is 1. The number of hydrogen-bond acceptors (Lipinski definition) is 2. The van der Waals surface area contributed by atoms with E-state index in [2.05, 4.69) is 18.8 Å². The van der Waals surface area contributed by atoms with Crippen LogP contribution >= 0.6 is 0 Å². The lowest BCUT2D eigenvalue weighted by Gasteiger charge is -2.32. The lowest BCUT2D eigenvalue weighted by Crippen LogP contribution is -2.38. The minimum Gasteiger partial charge on any atom is -0.384 e. The van der Waals surface area contributed by atoms with Crippen molar-refractivity contribution in [1.29, 1.82) is 0 Å². The van der Waals surface area contributed by atoms with Gasteiger partial charge in [-0.05, 0) is 43.4 Å². The largest absolute Gasteiger partial charge is 0.384 e. The van der Waals surface area contributed by atoms with E-state index in [0.717, 1.165) is 48.5 Å². The maximum Gasteiger partial charge on any atom is 0.254 e. The van der Waals surface area contributed by atoms with Crippen LogP contribution in [0.3, 0.4) is 0 Å². The van der Waals surface area contributed by atoms with Gasteiger partial charge in [0.15, 0.2) is 0 Å². The highest BCUT2D eigenvalue weighted by Gasteiger charge is 2.23. The summed E-state index contributed by atoms with van der Waals surface area (Å²) in [6.07, 6.45) is 3.41. The molecule has 1 saturated heterocycles. The summed E-state index contributed by atoms with van der Waals surface area (Å²) in [5, 5.41) is 8.80. The van der Waals surface area contributed by atoms with Gasteiger partial charge in [0.05, 0.1) is 0 Å². The van der Waals surface area contributed by atoms with Gasteiger partial charge in [-0.3, -0.25) is 4.79 Å². The molecule has 0 aliphatic carbocycles. The van der Waals surface area contributed by atoms with Crippen molar-refractivity contribution in [2.45, 2.75) is 33.1 Å². The Kier molecular flexibility index (Phi) is 5.41. The summed E-state index contributed by atoms with van der Waals surface area (Å²) >= 11 is 0. The Balaban J connectivity index is 2.16. The first-order chi connectivity index (χ1) is 10.2. The van der Waals surface area contributed by atoms with E-state index in [-0.39, 0.29) is 12.5 Å². The zero-order chi connectivity index (χ0) is 15.2. The van der Waals surface area contributed by atoms with Crippen LogP contribution in [0.5, 0.6) is 0 Å². The Morgan fingerprint density at radius 1 is 1.38 bits per heavy atom. The van der Waals surface area contributed by atoms with Crippen LogP contribution < -0.4 is 0 Å². The molecule has 21 heavy (non-hydrogen) atoms. The molecule has 3 heteroatoms. The molecule has 0 radical (unpaired) electrons. The molecule has 1 aromatic carbocycles. The first kappa shape index (κ1) is 15.6. The van der Waals surface area contributed by atoms with Crippen LogP contribution in [-0.2, 0) is 0 Å². The predicted molar refractivity (Wildman–Crippen MR) is 84.1 cm³/mol. The maximum atomic E-state index is 12.7. The average molecular weight is 285 g/mol. The third kappa shape index (κ3) is 3.65. The van der Waals surface area contributed by atoms with Gasteiger partial charge in [-0.1, -0.05) is 31.3 Å². The van der Waals surface area contributed by atoms with Gasteiger partial charge in [0, 0.05) is 24.2 Å². The van der Waals surface area contributed by atoms with E-state index in [1.807, 2.05) is 30.0 Å². The number of likely N-dealkylation sites (tertiary alicyclic amines) is 1. The maximum absolute atomic E-state index is 12.7. The lowest BCUT2D eigenvalue weighted by atomic mass is 9.93. The third-order valence-corrected chi connectivity index (χ3v) is 4.35. The first-order valence-electron chi connectivity index (χ1n) is 7.66. The van der Waals surface area contributed by atoms with Gasteiger partial charge in [-0.15, -0.1) is 0 Å². The minimum atomic E-state index is -0.165. The number of carbonyl (C=O) groups excluding carboxylic acids is 1. The summed E-state index contributed by atoms with van der Waals surface area (Å²) in [6.45, 7) is 5.68. The van der Waals surface area contributed by atoms with E-state index in [0.29, 0.717) is 0 Å². The van der Waals surface area contributed by atoms with Gasteiger partial charge in [0.25, 0.3) is 5.91 Å². The fourth-order valence-electron chi connectivity index (χ4n) is 2.85. The monoisotopic (exact) mass is 285 g/mol. The first-order valence-corrected chi connectivity index (χ1v) is 7.66. The zero-order valence-electron chi connectivity index (χ0n) is 12.9. The topological polar surface area (TPSA) is 40.5 Å². The molecule has 112 valence electrons. The third-order valence-electron chi connectivity index (χ3n) is 4.35. The number of amides is 1. The zero-order valence-corrected chi connectivity index (χ0v) is 12.9. The molecule has 1 aromatic rings. The van der Waals surface area contributed by atoms with Crippen LogP contribution in [0.25, 0.3) is 0 Å². The van der Waals surface area contributed by atoms with Crippen LogP contribution in [0, 0.1) is 24.7 Å². The second-order valence-corrected chi connectivity index (χ2v) is 5.58. The van der Waals surface area contributed by atoms with Crippen LogP contribution in [-0.4, -0.2) is 35.6 Å². The highest BCUT2D eigenvalue weighted by atomic mass is 16.2. The molecule has 0 atom stereocenters. The van der Waals surface area contributed by atoms with Gasteiger partial charge in [-0.2, -0.15) is 0 Å². The summed E-state index contributed by atoms with van der Waals surface area (Å²) in [7, 11) is 0. The second-order valence-electron chi connectivity index (χ2n) is 5.58.